The van der Waals surface area contributed by atoms with Crippen LogP contribution in [0.5, 0.6) is 0 Å². The van der Waals surface area contributed by atoms with Crippen LogP contribution in [0.2, 0.25) is 0 Å². The maximum absolute atomic E-state index is 12.2. The van der Waals surface area contributed by atoms with Gasteiger partial charge >= 0.3 is 0 Å². The molecule has 2 aromatic rings. The molecule has 1 amide bonds. The maximum Gasteiger partial charge on any atom is 0.272 e. The van der Waals surface area contributed by atoms with Crippen molar-refractivity contribution >= 4 is 5.91 Å². The fraction of sp³-hybridized carbons (Fsp3) is 0.500. The van der Waals surface area contributed by atoms with Crippen LogP contribution in [-0.2, 0) is 6.54 Å². The van der Waals surface area contributed by atoms with Crippen molar-refractivity contribution in [3.05, 3.63) is 36.2 Å². The van der Waals surface area contributed by atoms with Crippen LogP contribution in [0.3, 0.4) is 0 Å². The van der Waals surface area contributed by atoms with Gasteiger partial charge in [-0.25, -0.2) is 4.98 Å². The first kappa shape index (κ1) is 14.3. The summed E-state index contributed by atoms with van der Waals surface area (Å²) in [6.45, 7) is 8.85. The van der Waals surface area contributed by atoms with Gasteiger partial charge in [0.1, 0.15) is 11.5 Å². The number of aryl methyl sites for hydroxylation is 1. The normalized spacial score (nSPS) is 12.7. The molecule has 0 saturated carbocycles. The van der Waals surface area contributed by atoms with Gasteiger partial charge < -0.3 is 9.88 Å². The van der Waals surface area contributed by atoms with E-state index < -0.39 is 0 Å². The maximum atomic E-state index is 12.2. The average Bonchev–Trinajstić information content (AvgIpc) is 3.07. The summed E-state index contributed by atoms with van der Waals surface area (Å²) in [5, 5.41) is 7.19. The second-order valence-electron chi connectivity index (χ2n) is 5.04. The monoisotopic (exact) mass is 275 g/mol. The van der Waals surface area contributed by atoms with Crippen molar-refractivity contribution in [3.63, 3.8) is 0 Å². The summed E-state index contributed by atoms with van der Waals surface area (Å²) >= 11 is 0. The van der Waals surface area contributed by atoms with Crippen molar-refractivity contribution in [3.8, 4) is 0 Å². The summed E-state index contributed by atoms with van der Waals surface area (Å²) in [4.78, 5) is 16.5. The Hall–Kier alpha value is -2.11. The standard InChI is InChI=1S/C14H21N5O/c1-5-18-9-7-15-13(18)11(4)16-14(20)12-6-8-19(17-12)10(2)3/h6-11H,5H2,1-4H3,(H,16,20)/t11-/m0/s1. The zero-order chi connectivity index (χ0) is 14.7. The lowest BCUT2D eigenvalue weighted by Crippen LogP contribution is -2.29. The van der Waals surface area contributed by atoms with Crippen molar-refractivity contribution in [2.75, 3.05) is 0 Å². The molecule has 0 radical (unpaired) electrons. The Morgan fingerprint density at radius 2 is 2.10 bits per heavy atom. The summed E-state index contributed by atoms with van der Waals surface area (Å²) in [5.41, 5.74) is 0.431. The summed E-state index contributed by atoms with van der Waals surface area (Å²) in [6, 6.07) is 1.82. The third-order valence-corrected chi connectivity index (χ3v) is 3.19. The highest BCUT2D eigenvalue weighted by Crippen LogP contribution is 2.11. The van der Waals surface area contributed by atoms with Gasteiger partial charge in [-0.05, 0) is 33.8 Å². The Morgan fingerprint density at radius 1 is 1.35 bits per heavy atom. The lowest BCUT2D eigenvalue weighted by Gasteiger charge is -2.14. The molecule has 2 aromatic heterocycles. The predicted molar refractivity (Wildman–Crippen MR) is 76.4 cm³/mol. The molecule has 0 fully saturated rings. The van der Waals surface area contributed by atoms with E-state index >= 15 is 0 Å². The van der Waals surface area contributed by atoms with Gasteiger partial charge in [0.15, 0.2) is 0 Å². The molecule has 108 valence electrons. The molecule has 1 atom stereocenters. The summed E-state index contributed by atoms with van der Waals surface area (Å²) in [7, 11) is 0. The summed E-state index contributed by atoms with van der Waals surface area (Å²) in [5.74, 6) is 0.673. The SMILES string of the molecule is CCn1ccnc1[C@H](C)NC(=O)c1ccn(C(C)C)n1. The largest absolute Gasteiger partial charge is 0.341 e. The molecule has 2 rings (SSSR count). The van der Waals surface area contributed by atoms with Crippen LogP contribution < -0.4 is 5.32 Å². The van der Waals surface area contributed by atoms with Gasteiger partial charge in [0, 0.05) is 31.2 Å². The van der Waals surface area contributed by atoms with Gasteiger partial charge in [-0.15, -0.1) is 0 Å². The molecule has 2 heterocycles. The molecule has 0 aliphatic rings. The first-order valence-corrected chi connectivity index (χ1v) is 6.90. The quantitative estimate of drug-likeness (QED) is 0.909. The molecule has 0 saturated heterocycles. The van der Waals surface area contributed by atoms with E-state index in [0.29, 0.717) is 5.69 Å². The van der Waals surface area contributed by atoms with Crippen LogP contribution in [0.15, 0.2) is 24.7 Å². The average molecular weight is 275 g/mol. The lowest BCUT2D eigenvalue weighted by molar-refractivity contribution is 0.0931. The van der Waals surface area contributed by atoms with Gasteiger partial charge in [0.2, 0.25) is 0 Å². The first-order valence-electron chi connectivity index (χ1n) is 6.90. The molecule has 0 aromatic carbocycles. The Balaban J connectivity index is 2.07. The number of aromatic nitrogens is 4. The molecular formula is C14H21N5O. The molecular weight excluding hydrogens is 254 g/mol. The topological polar surface area (TPSA) is 64.7 Å². The smallest absolute Gasteiger partial charge is 0.272 e. The number of imidazole rings is 1. The molecule has 6 heteroatoms. The molecule has 20 heavy (non-hydrogen) atoms. The highest BCUT2D eigenvalue weighted by atomic mass is 16.2. The van der Waals surface area contributed by atoms with Crippen molar-refractivity contribution < 1.29 is 4.79 Å². The summed E-state index contributed by atoms with van der Waals surface area (Å²) < 4.78 is 3.78. The number of rotatable bonds is 5. The number of hydrogen-bond donors (Lipinski definition) is 1. The van der Waals surface area contributed by atoms with Crippen molar-refractivity contribution in [2.24, 2.45) is 0 Å². The number of amides is 1. The van der Waals surface area contributed by atoms with E-state index in [1.54, 1.807) is 16.9 Å². The number of hydrogen-bond acceptors (Lipinski definition) is 3. The Bertz CT molecular complexity index is 584. The van der Waals surface area contributed by atoms with E-state index in [1.165, 1.54) is 0 Å². The fourth-order valence-corrected chi connectivity index (χ4v) is 2.05. The van der Waals surface area contributed by atoms with Crippen LogP contribution in [0.1, 0.15) is 56.1 Å². The van der Waals surface area contributed by atoms with Gasteiger partial charge in [-0.2, -0.15) is 5.10 Å². The zero-order valence-corrected chi connectivity index (χ0v) is 12.4. The van der Waals surface area contributed by atoms with E-state index in [-0.39, 0.29) is 18.0 Å². The van der Waals surface area contributed by atoms with Crippen molar-refractivity contribution in [1.82, 2.24) is 24.6 Å². The van der Waals surface area contributed by atoms with E-state index in [0.717, 1.165) is 12.4 Å². The Labute approximate surface area is 118 Å². The first-order chi connectivity index (χ1) is 9.52. The minimum absolute atomic E-state index is 0.151. The van der Waals surface area contributed by atoms with Crippen molar-refractivity contribution in [1.29, 1.82) is 0 Å². The van der Waals surface area contributed by atoms with Gasteiger partial charge in [0.05, 0.1) is 6.04 Å². The third kappa shape index (κ3) is 2.89. The lowest BCUT2D eigenvalue weighted by atomic mass is 10.3. The molecule has 0 aliphatic heterocycles. The minimum atomic E-state index is -0.178. The molecule has 0 unspecified atom stereocenters. The number of nitrogens with one attached hydrogen (secondary N) is 1. The second kappa shape index (κ2) is 5.90. The molecule has 6 nitrogen and oxygen atoms in total. The van der Waals surface area contributed by atoms with Gasteiger partial charge in [-0.1, -0.05) is 0 Å². The van der Waals surface area contributed by atoms with Crippen LogP contribution in [0.4, 0.5) is 0 Å². The number of carbonyl (C=O) groups is 1. The fourth-order valence-electron chi connectivity index (χ4n) is 2.05. The van der Waals surface area contributed by atoms with E-state index in [4.69, 9.17) is 0 Å². The highest BCUT2D eigenvalue weighted by Gasteiger charge is 2.17. The molecule has 0 spiro atoms. The van der Waals surface area contributed by atoms with Crippen LogP contribution in [-0.4, -0.2) is 25.2 Å². The Kier molecular flexibility index (Phi) is 4.22. The molecule has 0 aliphatic carbocycles. The molecule has 0 bridgehead atoms. The van der Waals surface area contributed by atoms with Crippen LogP contribution in [0, 0.1) is 0 Å². The number of nitrogens with zero attached hydrogens (tertiary/aromatic N) is 4. The molecule has 1 N–H and O–H groups in total. The van der Waals surface area contributed by atoms with E-state index in [9.17, 15) is 4.79 Å². The van der Waals surface area contributed by atoms with E-state index in [2.05, 4.69) is 15.4 Å². The van der Waals surface area contributed by atoms with E-state index in [1.807, 2.05) is 44.7 Å². The summed E-state index contributed by atoms with van der Waals surface area (Å²) in [6.07, 6.45) is 5.47. The zero-order valence-electron chi connectivity index (χ0n) is 12.4. The Morgan fingerprint density at radius 3 is 2.70 bits per heavy atom. The van der Waals surface area contributed by atoms with Crippen LogP contribution >= 0.6 is 0 Å². The van der Waals surface area contributed by atoms with Gasteiger partial charge in [-0.3, -0.25) is 9.48 Å². The second-order valence-corrected chi connectivity index (χ2v) is 5.04. The predicted octanol–water partition coefficient (Wildman–Crippen LogP) is 2.17. The minimum Gasteiger partial charge on any atom is -0.341 e. The number of carbonyl (C=O) groups excluding carboxylic acids is 1. The van der Waals surface area contributed by atoms with Gasteiger partial charge in [0.25, 0.3) is 5.91 Å². The van der Waals surface area contributed by atoms with Crippen molar-refractivity contribution in [2.45, 2.75) is 46.3 Å². The highest BCUT2D eigenvalue weighted by molar-refractivity contribution is 5.92. The third-order valence-electron chi connectivity index (χ3n) is 3.19. The van der Waals surface area contributed by atoms with Crippen LogP contribution in [0.25, 0.3) is 0 Å².